The zero-order chi connectivity index (χ0) is 17.6. The van der Waals surface area contributed by atoms with Gasteiger partial charge >= 0.3 is 0 Å². The van der Waals surface area contributed by atoms with Gasteiger partial charge in [-0.1, -0.05) is 37.3 Å². The fraction of sp³-hybridized carbons (Fsp3) is 0.350. The van der Waals surface area contributed by atoms with Crippen LogP contribution in [0.3, 0.4) is 0 Å². The molecule has 2 atom stereocenters. The Morgan fingerprint density at radius 2 is 1.92 bits per heavy atom. The number of rotatable bonds is 6. The van der Waals surface area contributed by atoms with Crippen molar-refractivity contribution in [1.29, 1.82) is 0 Å². The molecule has 5 nitrogen and oxygen atoms in total. The number of carbonyl (C=O) groups is 1. The topological polar surface area (TPSA) is 56.8 Å². The highest BCUT2D eigenvalue weighted by Crippen LogP contribution is 2.30. The van der Waals surface area contributed by atoms with Crippen LogP contribution in [0.15, 0.2) is 48.5 Å². The van der Waals surface area contributed by atoms with Gasteiger partial charge in [-0.05, 0) is 37.1 Å². The Hall–Kier alpha value is -2.69. The summed E-state index contributed by atoms with van der Waals surface area (Å²) in [4.78, 5) is 12.4. The van der Waals surface area contributed by atoms with E-state index in [4.69, 9.17) is 14.2 Å². The van der Waals surface area contributed by atoms with E-state index < -0.39 is 6.10 Å². The molecule has 0 aliphatic carbocycles. The Balaban J connectivity index is 1.54. The summed E-state index contributed by atoms with van der Waals surface area (Å²) in [6.07, 6.45) is -0.155. The van der Waals surface area contributed by atoms with Gasteiger partial charge < -0.3 is 19.5 Å². The molecule has 1 aliphatic rings. The Labute approximate surface area is 147 Å². The van der Waals surface area contributed by atoms with Crippen LogP contribution in [0.4, 0.5) is 0 Å². The lowest BCUT2D eigenvalue weighted by Gasteiger charge is -2.27. The first-order chi connectivity index (χ1) is 12.2. The highest BCUT2D eigenvalue weighted by Gasteiger charge is 2.24. The van der Waals surface area contributed by atoms with Crippen LogP contribution in [-0.4, -0.2) is 31.3 Å². The fourth-order valence-corrected chi connectivity index (χ4v) is 2.66. The van der Waals surface area contributed by atoms with Crippen molar-refractivity contribution < 1.29 is 19.0 Å². The quantitative estimate of drug-likeness (QED) is 0.877. The van der Waals surface area contributed by atoms with E-state index in [9.17, 15) is 4.79 Å². The van der Waals surface area contributed by atoms with Crippen LogP contribution in [-0.2, 0) is 4.79 Å². The summed E-state index contributed by atoms with van der Waals surface area (Å²) >= 11 is 0. The molecular weight excluding hydrogens is 318 g/mol. The van der Waals surface area contributed by atoms with Crippen molar-refractivity contribution in [2.75, 3.05) is 13.2 Å². The number of hydrogen-bond acceptors (Lipinski definition) is 4. The van der Waals surface area contributed by atoms with Crippen LogP contribution in [0.2, 0.25) is 0 Å². The van der Waals surface area contributed by atoms with Gasteiger partial charge in [-0.3, -0.25) is 4.79 Å². The summed E-state index contributed by atoms with van der Waals surface area (Å²) in [6, 6.07) is 15.2. The van der Waals surface area contributed by atoms with E-state index in [0.29, 0.717) is 25.3 Å². The molecule has 3 rings (SSSR count). The fourth-order valence-electron chi connectivity index (χ4n) is 2.66. The van der Waals surface area contributed by atoms with Gasteiger partial charge in [0.2, 0.25) is 0 Å². The van der Waals surface area contributed by atoms with E-state index in [0.717, 1.165) is 17.1 Å². The second kappa shape index (κ2) is 7.92. The summed E-state index contributed by atoms with van der Waals surface area (Å²) in [5, 5.41) is 2.90. The number of fused-ring (bicyclic) bond motifs is 1. The number of para-hydroxylation sites is 3. The Morgan fingerprint density at radius 3 is 2.68 bits per heavy atom. The number of ether oxygens (including phenoxy) is 3. The third-order valence-corrected chi connectivity index (χ3v) is 4.10. The number of nitrogens with one attached hydrogen (secondary N) is 1. The predicted molar refractivity (Wildman–Crippen MR) is 95.2 cm³/mol. The standard InChI is InChI=1S/C20H23NO4/c1-3-16(25-17-9-5-4-8-14(17)2)20(22)21-12-15-13-23-18-10-6-7-11-19(18)24-15/h4-11,15-16H,3,12-13H2,1-2H3,(H,21,22)/t15-,16+/m1/s1. The molecule has 1 heterocycles. The van der Waals surface area contributed by atoms with Gasteiger partial charge in [-0.15, -0.1) is 0 Å². The molecule has 0 unspecified atom stereocenters. The minimum absolute atomic E-state index is 0.145. The van der Waals surface area contributed by atoms with Crippen molar-refractivity contribution in [3.8, 4) is 17.2 Å². The van der Waals surface area contributed by atoms with Crippen molar-refractivity contribution in [3.05, 3.63) is 54.1 Å². The Morgan fingerprint density at radius 1 is 1.20 bits per heavy atom. The average Bonchev–Trinajstić information content (AvgIpc) is 2.65. The maximum absolute atomic E-state index is 12.4. The largest absolute Gasteiger partial charge is 0.486 e. The average molecular weight is 341 g/mol. The first-order valence-electron chi connectivity index (χ1n) is 8.56. The number of amides is 1. The second-order valence-corrected chi connectivity index (χ2v) is 6.02. The summed E-state index contributed by atoms with van der Waals surface area (Å²) in [7, 11) is 0. The zero-order valence-corrected chi connectivity index (χ0v) is 14.5. The second-order valence-electron chi connectivity index (χ2n) is 6.02. The molecule has 0 radical (unpaired) electrons. The monoisotopic (exact) mass is 341 g/mol. The van der Waals surface area contributed by atoms with E-state index in [-0.39, 0.29) is 12.0 Å². The van der Waals surface area contributed by atoms with Gasteiger partial charge in [0.1, 0.15) is 18.5 Å². The van der Waals surface area contributed by atoms with E-state index >= 15 is 0 Å². The lowest BCUT2D eigenvalue weighted by atomic mass is 10.2. The SMILES string of the molecule is CC[C@H](Oc1ccccc1C)C(=O)NC[C@@H]1COc2ccccc2O1. The first-order valence-corrected chi connectivity index (χ1v) is 8.56. The van der Waals surface area contributed by atoms with Gasteiger partial charge in [0.25, 0.3) is 5.91 Å². The minimum Gasteiger partial charge on any atom is -0.486 e. The van der Waals surface area contributed by atoms with Crippen LogP contribution in [0.25, 0.3) is 0 Å². The normalized spacial score (nSPS) is 16.8. The third kappa shape index (κ3) is 4.24. The maximum Gasteiger partial charge on any atom is 0.261 e. The molecule has 25 heavy (non-hydrogen) atoms. The highest BCUT2D eigenvalue weighted by molar-refractivity contribution is 5.81. The van der Waals surface area contributed by atoms with Crippen LogP contribution in [0, 0.1) is 6.92 Å². The third-order valence-electron chi connectivity index (χ3n) is 4.10. The molecule has 0 spiro atoms. The summed E-state index contributed by atoms with van der Waals surface area (Å²) in [6.45, 7) is 4.68. The Kier molecular flexibility index (Phi) is 5.43. The smallest absolute Gasteiger partial charge is 0.261 e. The van der Waals surface area contributed by atoms with Gasteiger partial charge in [-0.25, -0.2) is 0 Å². The molecule has 0 saturated heterocycles. The van der Waals surface area contributed by atoms with Crippen molar-refractivity contribution in [1.82, 2.24) is 5.32 Å². The van der Waals surface area contributed by atoms with Crippen LogP contribution in [0.1, 0.15) is 18.9 Å². The maximum atomic E-state index is 12.4. The van der Waals surface area contributed by atoms with Crippen molar-refractivity contribution >= 4 is 5.91 Å². The molecular formula is C20H23NO4. The van der Waals surface area contributed by atoms with Crippen molar-refractivity contribution in [2.24, 2.45) is 0 Å². The van der Waals surface area contributed by atoms with Crippen LogP contribution < -0.4 is 19.5 Å². The number of hydrogen-bond donors (Lipinski definition) is 1. The molecule has 0 fully saturated rings. The van der Waals surface area contributed by atoms with Crippen molar-refractivity contribution in [3.63, 3.8) is 0 Å². The van der Waals surface area contributed by atoms with Crippen molar-refractivity contribution in [2.45, 2.75) is 32.5 Å². The lowest BCUT2D eigenvalue weighted by Crippen LogP contribution is -2.45. The number of carbonyl (C=O) groups excluding carboxylic acids is 1. The molecule has 132 valence electrons. The minimum atomic E-state index is -0.530. The zero-order valence-electron chi connectivity index (χ0n) is 14.5. The van der Waals surface area contributed by atoms with Gasteiger partial charge in [0.15, 0.2) is 17.6 Å². The molecule has 2 aromatic rings. The van der Waals surface area contributed by atoms with Gasteiger partial charge in [-0.2, -0.15) is 0 Å². The molecule has 0 aromatic heterocycles. The number of benzene rings is 2. The van der Waals surface area contributed by atoms with E-state index in [1.54, 1.807) is 0 Å². The predicted octanol–water partition coefficient (Wildman–Crippen LogP) is 3.11. The molecule has 0 saturated carbocycles. The summed E-state index contributed by atoms with van der Waals surface area (Å²) < 4.78 is 17.4. The van der Waals surface area contributed by atoms with Gasteiger partial charge in [0, 0.05) is 0 Å². The highest BCUT2D eigenvalue weighted by atomic mass is 16.6. The summed E-state index contributed by atoms with van der Waals surface area (Å²) in [5.41, 5.74) is 1.01. The van der Waals surface area contributed by atoms with E-state index in [1.807, 2.05) is 62.4 Å². The molecule has 5 heteroatoms. The van der Waals surface area contributed by atoms with E-state index in [2.05, 4.69) is 5.32 Å². The molecule has 1 aliphatic heterocycles. The molecule has 1 N–H and O–H groups in total. The van der Waals surface area contributed by atoms with Crippen LogP contribution in [0.5, 0.6) is 17.2 Å². The summed E-state index contributed by atoms with van der Waals surface area (Å²) in [5.74, 6) is 2.03. The van der Waals surface area contributed by atoms with Crippen LogP contribution >= 0.6 is 0 Å². The van der Waals surface area contributed by atoms with E-state index in [1.165, 1.54) is 0 Å². The van der Waals surface area contributed by atoms with Gasteiger partial charge in [0.05, 0.1) is 6.54 Å². The molecule has 0 bridgehead atoms. The number of aryl methyl sites for hydroxylation is 1. The first kappa shape index (κ1) is 17.1. The Bertz CT molecular complexity index is 731. The lowest BCUT2D eigenvalue weighted by molar-refractivity contribution is -0.128. The molecule has 1 amide bonds. The molecule has 2 aromatic carbocycles.